The Bertz CT molecular complexity index is 1330. The zero-order valence-corrected chi connectivity index (χ0v) is 22.1. The number of hydrogen-bond donors (Lipinski definition) is 1. The van der Waals surface area contributed by atoms with Gasteiger partial charge in [0.15, 0.2) is 0 Å². The van der Waals surface area contributed by atoms with E-state index in [1.165, 1.54) is 11.5 Å². The van der Waals surface area contributed by atoms with Crippen molar-refractivity contribution in [2.24, 2.45) is 5.92 Å². The van der Waals surface area contributed by atoms with Crippen LogP contribution in [0.1, 0.15) is 49.8 Å². The predicted molar refractivity (Wildman–Crippen MR) is 147 cm³/mol. The fourth-order valence-electron chi connectivity index (χ4n) is 4.16. The van der Waals surface area contributed by atoms with Crippen molar-refractivity contribution >= 4 is 29.8 Å². The summed E-state index contributed by atoms with van der Waals surface area (Å²) in [7, 11) is 0. The Balaban J connectivity index is 1.48. The van der Waals surface area contributed by atoms with Gasteiger partial charge in [0.05, 0.1) is 16.3 Å². The molecule has 4 rings (SSSR count). The second-order valence-corrected chi connectivity index (χ2v) is 9.93. The number of anilines is 1. The third-order valence-corrected chi connectivity index (χ3v) is 7.16. The van der Waals surface area contributed by atoms with Gasteiger partial charge in [0, 0.05) is 0 Å². The Labute approximate surface area is 221 Å². The van der Waals surface area contributed by atoms with Gasteiger partial charge in [-0.2, -0.15) is 4.37 Å². The average molecular weight is 515 g/mol. The van der Waals surface area contributed by atoms with Crippen molar-refractivity contribution in [2.75, 3.05) is 5.32 Å². The highest BCUT2D eigenvalue weighted by molar-refractivity contribution is 7.10. The minimum Gasteiger partial charge on any atom is -0.459 e. The number of benzene rings is 3. The molecule has 0 saturated carbocycles. The predicted octanol–water partition coefficient (Wildman–Crippen LogP) is 7.97. The largest absolute Gasteiger partial charge is 0.459 e. The molecule has 0 aliphatic heterocycles. The second-order valence-electron chi connectivity index (χ2n) is 9.15. The molecule has 0 aliphatic carbocycles. The third-order valence-electron chi connectivity index (χ3n) is 6.17. The van der Waals surface area contributed by atoms with Crippen LogP contribution in [0.5, 0.6) is 0 Å². The van der Waals surface area contributed by atoms with E-state index in [-0.39, 0.29) is 18.1 Å². The summed E-state index contributed by atoms with van der Waals surface area (Å²) in [6.07, 6.45) is -1.16. The summed E-state index contributed by atoms with van der Waals surface area (Å²) in [5.74, 6) is 0.180. The number of carbonyl (C=O) groups is 2. The Kier molecular flexibility index (Phi) is 8.36. The monoisotopic (exact) mass is 514 g/mol. The van der Waals surface area contributed by atoms with Crippen LogP contribution in [0.2, 0.25) is 0 Å². The Morgan fingerprint density at radius 1 is 0.865 bits per heavy atom. The molecule has 37 heavy (non-hydrogen) atoms. The molecular formula is C30H30N2O4S. The van der Waals surface area contributed by atoms with Crippen molar-refractivity contribution in [1.82, 2.24) is 4.37 Å². The molecule has 1 unspecified atom stereocenters. The SMILES string of the molecule is Cc1nsc(-c2ccc(-c3ccc(C(OC=O)C(C)C)cc3)cc2)c1NC(=O)O[C@H](C)c1ccccc1. The molecule has 0 spiro atoms. The topological polar surface area (TPSA) is 77.5 Å². The van der Waals surface area contributed by atoms with E-state index in [4.69, 9.17) is 9.47 Å². The van der Waals surface area contributed by atoms with Crippen LogP contribution in [0.15, 0.2) is 78.9 Å². The summed E-state index contributed by atoms with van der Waals surface area (Å²) in [5.41, 5.74) is 6.35. The number of amides is 1. The van der Waals surface area contributed by atoms with Crippen molar-refractivity contribution < 1.29 is 19.1 Å². The van der Waals surface area contributed by atoms with E-state index in [1.54, 1.807) is 0 Å². The fourth-order valence-corrected chi connectivity index (χ4v) is 5.01. The minimum absolute atomic E-state index is 0.180. The number of aromatic nitrogens is 1. The van der Waals surface area contributed by atoms with E-state index in [1.807, 2.05) is 107 Å². The zero-order chi connectivity index (χ0) is 26.4. The molecule has 0 saturated heterocycles. The second kappa shape index (κ2) is 11.8. The van der Waals surface area contributed by atoms with Crippen LogP contribution in [0.3, 0.4) is 0 Å². The van der Waals surface area contributed by atoms with Crippen LogP contribution in [-0.4, -0.2) is 16.9 Å². The van der Waals surface area contributed by atoms with Gasteiger partial charge >= 0.3 is 6.09 Å². The smallest absolute Gasteiger partial charge is 0.412 e. The van der Waals surface area contributed by atoms with Gasteiger partial charge in [-0.05, 0) is 59.1 Å². The molecule has 2 atom stereocenters. The molecular weight excluding hydrogens is 484 g/mol. The van der Waals surface area contributed by atoms with Gasteiger partial charge in [-0.3, -0.25) is 10.1 Å². The molecule has 4 aromatic rings. The first-order chi connectivity index (χ1) is 17.9. The maximum atomic E-state index is 12.6. The van der Waals surface area contributed by atoms with Gasteiger partial charge in [0.1, 0.15) is 12.2 Å². The summed E-state index contributed by atoms with van der Waals surface area (Å²) in [4.78, 5) is 24.4. The Morgan fingerprint density at radius 3 is 2.05 bits per heavy atom. The van der Waals surface area contributed by atoms with Gasteiger partial charge in [-0.1, -0.05) is 92.7 Å². The first-order valence-corrected chi connectivity index (χ1v) is 12.9. The normalized spacial score (nSPS) is 12.6. The third kappa shape index (κ3) is 6.24. The van der Waals surface area contributed by atoms with E-state index in [9.17, 15) is 9.59 Å². The quantitative estimate of drug-likeness (QED) is 0.229. The number of hydrogen-bond acceptors (Lipinski definition) is 6. The number of ether oxygens (including phenoxy) is 2. The van der Waals surface area contributed by atoms with E-state index >= 15 is 0 Å². The maximum Gasteiger partial charge on any atom is 0.412 e. The van der Waals surface area contributed by atoms with Crippen molar-refractivity contribution in [3.05, 3.63) is 95.7 Å². The molecule has 1 aromatic heterocycles. The lowest BCUT2D eigenvalue weighted by Gasteiger charge is -2.19. The Morgan fingerprint density at radius 2 is 1.46 bits per heavy atom. The molecule has 6 nitrogen and oxygen atoms in total. The zero-order valence-electron chi connectivity index (χ0n) is 21.3. The van der Waals surface area contributed by atoms with E-state index in [0.29, 0.717) is 12.2 Å². The molecule has 0 radical (unpaired) electrons. The van der Waals surface area contributed by atoms with Crippen LogP contribution in [0.25, 0.3) is 21.6 Å². The van der Waals surface area contributed by atoms with Crippen molar-refractivity contribution in [2.45, 2.75) is 39.9 Å². The average Bonchev–Trinajstić information content (AvgIpc) is 3.27. The highest BCUT2D eigenvalue weighted by atomic mass is 32.1. The number of nitrogens with zero attached hydrogens (tertiary/aromatic N) is 1. The molecule has 7 heteroatoms. The first-order valence-electron chi connectivity index (χ1n) is 12.2. The summed E-state index contributed by atoms with van der Waals surface area (Å²) in [6.45, 7) is 8.26. The summed E-state index contributed by atoms with van der Waals surface area (Å²) in [5, 5.41) is 2.89. The molecule has 1 heterocycles. The summed E-state index contributed by atoms with van der Waals surface area (Å²) >= 11 is 1.34. The van der Waals surface area contributed by atoms with E-state index in [2.05, 4.69) is 9.69 Å². The fraction of sp³-hybridized carbons (Fsp3) is 0.233. The van der Waals surface area contributed by atoms with Gasteiger partial charge in [0.25, 0.3) is 6.47 Å². The molecule has 0 aliphatic rings. The molecule has 0 bridgehead atoms. The number of nitrogens with one attached hydrogen (secondary N) is 1. The van der Waals surface area contributed by atoms with Crippen molar-refractivity contribution in [3.63, 3.8) is 0 Å². The van der Waals surface area contributed by atoms with Crippen LogP contribution in [0.4, 0.5) is 10.5 Å². The lowest BCUT2D eigenvalue weighted by atomic mass is 9.96. The number of aryl methyl sites for hydroxylation is 1. The van der Waals surface area contributed by atoms with Gasteiger partial charge in [-0.15, -0.1) is 0 Å². The number of rotatable bonds is 9. The van der Waals surface area contributed by atoms with E-state index in [0.717, 1.165) is 38.4 Å². The summed E-state index contributed by atoms with van der Waals surface area (Å²) in [6, 6.07) is 25.8. The lowest BCUT2D eigenvalue weighted by molar-refractivity contribution is -0.136. The Hall–Kier alpha value is -3.97. The highest BCUT2D eigenvalue weighted by Crippen LogP contribution is 2.36. The van der Waals surface area contributed by atoms with Crippen LogP contribution < -0.4 is 5.32 Å². The van der Waals surface area contributed by atoms with E-state index < -0.39 is 6.09 Å². The minimum atomic E-state index is -0.518. The van der Waals surface area contributed by atoms with Crippen molar-refractivity contribution in [1.29, 1.82) is 0 Å². The van der Waals surface area contributed by atoms with Gasteiger partial charge in [0.2, 0.25) is 0 Å². The van der Waals surface area contributed by atoms with Crippen LogP contribution in [0, 0.1) is 12.8 Å². The highest BCUT2D eigenvalue weighted by Gasteiger charge is 2.19. The van der Waals surface area contributed by atoms with Gasteiger partial charge < -0.3 is 9.47 Å². The van der Waals surface area contributed by atoms with Crippen LogP contribution in [-0.2, 0) is 14.3 Å². The molecule has 0 fully saturated rings. The molecule has 190 valence electrons. The van der Waals surface area contributed by atoms with Gasteiger partial charge in [-0.25, -0.2) is 4.79 Å². The van der Waals surface area contributed by atoms with Crippen molar-refractivity contribution in [3.8, 4) is 21.6 Å². The summed E-state index contributed by atoms with van der Waals surface area (Å²) < 4.78 is 15.3. The molecule has 1 amide bonds. The van der Waals surface area contributed by atoms with Crippen LogP contribution >= 0.6 is 11.5 Å². The maximum absolute atomic E-state index is 12.6. The number of carbonyl (C=O) groups excluding carboxylic acids is 2. The lowest BCUT2D eigenvalue weighted by Crippen LogP contribution is -2.16. The standard InChI is InChI=1S/C30H30N2O4S/c1-19(2)28(35-18-33)25-14-10-23(11-15-25)24-12-16-26(17-13-24)29-27(20(3)32-37-29)31-30(34)36-21(4)22-8-6-5-7-9-22/h5-19,21,28H,1-4H3,(H,31,34)/t21-,28?/m1/s1. The molecule has 1 N–H and O–H groups in total. The molecule has 3 aromatic carbocycles. The first kappa shape index (κ1) is 26.1.